The first-order valence-corrected chi connectivity index (χ1v) is 6.41. The van der Waals surface area contributed by atoms with E-state index in [1.54, 1.807) is 24.3 Å². The minimum absolute atomic E-state index is 0.525. The van der Waals surface area contributed by atoms with E-state index < -0.39 is 7.12 Å². The molecule has 2 N–H and O–H groups in total. The maximum absolute atomic E-state index is 8.58. The first-order valence-electron chi connectivity index (χ1n) is 4.25. The predicted octanol–water partition coefficient (Wildman–Crippen LogP) is 1.73. The number of benzene rings is 1. The zero-order chi connectivity index (χ0) is 12.1. The maximum atomic E-state index is 8.58. The highest BCUT2D eigenvalue weighted by Crippen LogP contribution is 2.06. The largest absolute Gasteiger partial charge is 0.488 e. The Kier molecular flexibility index (Phi) is 16.7. The zero-order valence-electron chi connectivity index (χ0n) is 8.57. The normalized spacial score (nSPS) is 7.87. The van der Waals surface area contributed by atoms with E-state index in [0.29, 0.717) is 5.46 Å². The van der Waals surface area contributed by atoms with Gasteiger partial charge in [0, 0.05) is 0 Å². The van der Waals surface area contributed by atoms with Crippen molar-refractivity contribution in [3.8, 4) is 0 Å². The van der Waals surface area contributed by atoms with Crippen LogP contribution in [0.5, 0.6) is 0 Å². The van der Waals surface area contributed by atoms with Crippen LogP contribution in [0, 0.1) is 0 Å². The second-order valence-electron chi connectivity index (χ2n) is 1.93. The van der Waals surface area contributed by atoms with E-state index in [2.05, 4.69) is 28.2 Å². The molecule has 0 aliphatic heterocycles. The molecule has 0 aliphatic rings. The Morgan fingerprint density at radius 1 is 1.20 bits per heavy atom. The van der Waals surface area contributed by atoms with Crippen molar-refractivity contribution in [2.24, 2.45) is 0 Å². The molecule has 0 amide bonds. The lowest BCUT2D eigenvalue weighted by atomic mass is 9.81. The molecule has 0 aliphatic carbocycles. The topological polar surface area (TPSA) is 49.7 Å². The van der Waals surface area contributed by atoms with Gasteiger partial charge < -0.3 is 10.0 Å². The molecule has 0 saturated carbocycles. The number of hydrogen-bond acceptors (Lipinski definition) is 6. The van der Waals surface area contributed by atoms with Crippen LogP contribution in [0.4, 0.5) is 0 Å². The van der Waals surface area contributed by atoms with Crippen LogP contribution in [0.1, 0.15) is 13.8 Å². The van der Waals surface area contributed by atoms with Crippen LogP contribution in [-0.4, -0.2) is 17.2 Å². The van der Waals surface area contributed by atoms with Crippen LogP contribution in [-0.2, 0) is 3.63 Å². The van der Waals surface area contributed by atoms with Crippen LogP contribution >= 0.6 is 35.6 Å². The van der Waals surface area contributed by atoms with Gasteiger partial charge in [-0.25, -0.2) is 3.63 Å². The molecule has 0 aromatic heterocycles. The van der Waals surface area contributed by atoms with Crippen LogP contribution in [0.3, 0.4) is 0 Å². The maximum Gasteiger partial charge on any atom is 0.488 e. The third kappa shape index (κ3) is 12.1. The average Bonchev–Trinajstić information content (AvgIpc) is 2.33. The van der Waals surface area contributed by atoms with Gasteiger partial charge >= 0.3 is 7.12 Å². The van der Waals surface area contributed by atoms with Crippen molar-refractivity contribution < 1.29 is 13.7 Å². The van der Waals surface area contributed by atoms with Gasteiger partial charge in [-0.2, -0.15) is 0 Å². The molecule has 0 atom stereocenters. The van der Waals surface area contributed by atoms with Gasteiger partial charge in [0.05, 0.1) is 11.1 Å². The molecule has 15 heavy (non-hydrogen) atoms. The Labute approximate surface area is 106 Å². The SMILES string of the molecule is CC.OB(O)c1ccccc1.SOSS. The van der Waals surface area contributed by atoms with Gasteiger partial charge in [-0.3, -0.25) is 0 Å². The first kappa shape index (κ1) is 17.6. The highest BCUT2D eigenvalue weighted by Gasteiger charge is 2.07. The van der Waals surface area contributed by atoms with Crippen molar-refractivity contribution >= 4 is 48.2 Å². The molecule has 0 saturated heterocycles. The Bertz CT molecular complexity index is 210. The highest BCUT2D eigenvalue weighted by molar-refractivity contribution is 8.67. The molecule has 0 spiro atoms. The lowest BCUT2D eigenvalue weighted by Gasteiger charge is -1.94. The molecule has 0 heterocycles. The fraction of sp³-hybridized carbons (Fsp3) is 0.250. The molecular formula is C8H15BO3S3. The third-order valence-corrected chi connectivity index (χ3v) is 2.00. The van der Waals surface area contributed by atoms with Gasteiger partial charge in [-0.15, -0.1) is 0 Å². The molecule has 0 bridgehead atoms. The Balaban J connectivity index is 0. The summed E-state index contributed by atoms with van der Waals surface area (Å²) >= 11 is 7.76. The van der Waals surface area contributed by atoms with E-state index in [4.69, 9.17) is 10.0 Å². The molecule has 1 aromatic rings. The fourth-order valence-electron chi connectivity index (χ4n) is 0.625. The summed E-state index contributed by atoms with van der Waals surface area (Å²) in [5.41, 5.74) is 0.525. The summed E-state index contributed by atoms with van der Waals surface area (Å²) in [4.78, 5) is 0. The fourth-order valence-corrected chi connectivity index (χ4v) is 0.625. The molecule has 3 nitrogen and oxygen atoms in total. The van der Waals surface area contributed by atoms with E-state index >= 15 is 0 Å². The Morgan fingerprint density at radius 3 is 1.80 bits per heavy atom. The quantitative estimate of drug-likeness (QED) is 0.285. The molecule has 1 aromatic carbocycles. The molecule has 0 fully saturated rings. The molecular weight excluding hydrogens is 251 g/mol. The number of rotatable bonds is 2. The molecule has 0 unspecified atom stereocenters. The second-order valence-corrected chi connectivity index (χ2v) is 3.13. The lowest BCUT2D eigenvalue weighted by Crippen LogP contribution is -2.29. The second kappa shape index (κ2) is 14.2. The van der Waals surface area contributed by atoms with Crippen LogP contribution in [0.2, 0.25) is 0 Å². The summed E-state index contributed by atoms with van der Waals surface area (Å²) in [6.07, 6.45) is 0. The number of thiol groups is 2. The van der Waals surface area contributed by atoms with Crippen molar-refractivity contribution in [3.63, 3.8) is 0 Å². The molecule has 7 heteroatoms. The van der Waals surface area contributed by atoms with E-state index in [-0.39, 0.29) is 0 Å². The molecule has 86 valence electrons. The van der Waals surface area contributed by atoms with Gasteiger partial charge in [0.1, 0.15) is 0 Å². The van der Waals surface area contributed by atoms with Crippen LogP contribution < -0.4 is 5.46 Å². The zero-order valence-corrected chi connectivity index (χ0v) is 11.2. The van der Waals surface area contributed by atoms with Crippen molar-refractivity contribution in [1.82, 2.24) is 0 Å². The van der Waals surface area contributed by atoms with E-state index in [1.807, 2.05) is 19.9 Å². The van der Waals surface area contributed by atoms with Crippen molar-refractivity contribution in [2.45, 2.75) is 13.8 Å². The smallest absolute Gasteiger partial charge is 0.423 e. The summed E-state index contributed by atoms with van der Waals surface area (Å²) in [6, 6.07) is 8.66. The van der Waals surface area contributed by atoms with Gasteiger partial charge in [0.25, 0.3) is 0 Å². The summed E-state index contributed by atoms with van der Waals surface area (Å²) in [5.74, 6) is 0. The number of hydrogen-bond donors (Lipinski definition) is 4. The average molecular weight is 266 g/mol. The van der Waals surface area contributed by atoms with Gasteiger partial charge in [0.15, 0.2) is 0 Å². The monoisotopic (exact) mass is 266 g/mol. The molecule has 1 rings (SSSR count). The summed E-state index contributed by atoms with van der Waals surface area (Å²) < 4.78 is 4.02. The van der Waals surface area contributed by atoms with Crippen molar-refractivity contribution in [1.29, 1.82) is 0 Å². The lowest BCUT2D eigenvalue weighted by molar-refractivity contribution is 0.426. The van der Waals surface area contributed by atoms with Gasteiger partial charge in [0.2, 0.25) is 0 Å². The standard InChI is InChI=1S/C6H7BO2.C2H6.H2OS3/c8-7(9)6-4-2-1-3-5-6;1-2;2-1-4-3/h1-5,8-9H;1-2H3;2-3H. The Morgan fingerprint density at radius 2 is 1.60 bits per heavy atom. The van der Waals surface area contributed by atoms with Gasteiger partial charge in [-0.05, 0) is 18.4 Å². The van der Waals surface area contributed by atoms with Crippen LogP contribution in [0.25, 0.3) is 0 Å². The van der Waals surface area contributed by atoms with E-state index in [9.17, 15) is 0 Å². The predicted molar refractivity (Wildman–Crippen MR) is 74.3 cm³/mol. The summed E-state index contributed by atoms with van der Waals surface area (Å²) in [6.45, 7) is 4.00. The minimum atomic E-state index is -1.34. The summed E-state index contributed by atoms with van der Waals surface area (Å²) in [7, 11) is -1.34. The summed E-state index contributed by atoms with van der Waals surface area (Å²) in [5, 5.41) is 17.2. The van der Waals surface area contributed by atoms with Crippen molar-refractivity contribution in [2.75, 3.05) is 0 Å². The third-order valence-electron chi connectivity index (χ3n) is 1.13. The van der Waals surface area contributed by atoms with Crippen molar-refractivity contribution in [3.05, 3.63) is 30.3 Å². The molecule has 0 radical (unpaired) electrons. The van der Waals surface area contributed by atoms with E-state index in [0.717, 1.165) is 11.1 Å². The van der Waals surface area contributed by atoms with Crippen LogP contribution in [0.15, 0.2) is 30.3 Å². The Hall–Kier alpha value is 0.215. The first-order chi connectivity index (χ1) is 7.22. The highest BCUT2D eigenvalue weighted by atomic mass is 33.1. The van der Waals surface area contributed by atoms with Gasteiger partial charge in [-0.1, -0.05) is 55.8 Å². The minimum Gasteiger partial charge on any atom is -0.423 e. The van der Waals surface area contributed by atoms with E-state index in [1.165, 1.54) is 0 Å².